The van der Waals surface area contributed by atoms with Gasteiger partial charge in [-0.3, -0.25) is 0 Å². The molecule has 0 aromatic heterocycles. The molecule has 2 saturated heterocycles. The van der Waals surface area contributed by atoms with E-state index in [1.807, 2.05) is 0 Å². The molecule has 0 unspecified atom stereocenters. The van der Waals surface area contributed by atoms with Crippen molar-refractivity contribution in [3.63, 3.8) is 0 Å². The van der Waals surface area contributed by atoms with Gasteiger partial charge in [0.25, 0.3) is 0 Å². The molecule has 4 N–H and O–H groups in total. The van der Waals surface area contributed by atoms with E-state index in [-0.39, 0.29) is 68.2 Å². The van der Waals surface area contributed by atoms with E-state index in [1.54, 1.807) is 0 Å². The van der Waals surface area contributed by atoms with E-state index >= 15 is 0 Å². The van der Waals surface area contributed by atoms with Crippen LogP contribution in [-0.4, -0.2) is 102 Å². The second kappa shape index (κ2) is 42.8. The molecule has 2 fully saturated rings. The first-order valence-electron chi connectivity index (χ1n) is 17.0. The van der Waals surface area contributed by atoms with E-state index in [2.05, 4.69) is 45.2 Å². The maximum Gasteiger partial charge on any atom is 2.00 e. The molecule has 2 aliphatic rings. The standard InChI is InChI=1S/2C16H35N3.2ClH.2Ti/c2*1-19-15-9-3-7-13-17-11-5-2-6-12-18-14-8-4-10-16-19;;;;/h2*17-18H,2-16H2,1H3;2*1H;;/q;;;;2*+2/p-2. The van der Waals surface area contributed by atoms with Crippen LogP contribution >= 0.6 is 0 Å². The van der Waals surface area contributed by atoms with Gasteiger partial charge in [-0.15, -0.1) is 0 Å². The molecule has 42 heavy (non-hydrogen) atoms. The smallest absolute Gasteiger partial charge is 1.00 e. The molecule has 0 aliphatic carbocycles. The summed E-state index contributed by atoms with van der Waals surface area (Å²) in [6, 6.07) is 0. The quantitative estimate of drug-likeness (QED) is 0.249. The van der Waals surface area contributed by atoms with Crippen LogP contribution in [0, 0.1) is 0 Å². The van der Waals surface area contributed by atoms with Gasteiger partial charge in [-0.05, 0) is 170 Å². The summed E-state index contributed by atoms with van der Waals surface area (Å²) in [5, 5.41) is 14.3. The molecule has 6 nitrogen and oxygen atoms in total. The first kappa shape index (κ1) is 50.6. The molecule has 0 radical (unpaired) electrons. The topological polar surface area (TPSA) is 54.6 Å². The molecule has 0 bridgehead atoms. The molecule has 10 heteroatoms. The van der Waals surface area contributed by atoms with Gasteiger partial charge in [0, 0.05) is 0 Å². The number of halogens is 2. The average Bonchev–Trinajstić information content (AvgIpc) is 2.91. The van der Waals surface area contributed by atoms with Crippen molar-refractivity contribution >= 4 is 0 Å². The van der Waals surface area contributed by atoms with Gasteiger partial charge in [-0.2, -0.15) is 0 Å². The van der Waals surface area contributed by atoms with Gasteiger partial charge in [-0.1, -0.05) is 38.5 Å². The normalized spacial score (nSPS) is 22.1. The third-order valence-electron chi connectivity index (χ3n) is 7.99. The number of hydrogen-bond acceptors (Lipinski definition) is 6. The van der Waals surface area contributed by atoms with Crippen LogP contribution in [0.25, 0.3) is 0 Å². The Morgan fingerprint density at radius 3 is 0.643 bits per heavy atom. The van der Waals surface area contributed by atoms with Crippen LogP contribution in [-0.2, 0) is 43.4 Å². The summed E-state index contributed by atoms with van der Waals surface area (Å²) in [7, 11) is 4.55. The molecule has 0 saturated carbocycles. The Morgan fingerprint density at radius 2 is 0.452 bits per heavy atom. The average molecular weight is 706 g/mol. The number of hydrogen-bond donors (Lipinski definition) is 4. The van der Waals surface area contributed by atoms with Gasteiger partial charge in [-0.25, -0.2) is 0 Å². The van der Waals surface area contributed by atoms with Gasteiger partial charge in [0.05, 0.1) is 0 Å². The zero-order chi connectivity index (χ0) is 27.2. The summed E-state index contributed by atoms with van der Waals surface area (Å²) in [5.41, 5.74) is 0. The van der Waals surface area contributed by atoms with Gasteiger partial charge >= 0.3 is 43.4 Å². The third kappa shape index (κ3) is 39.8. The summed E-state index contributed by atoms with van der Waals surface area (Å²) < 4.78 is 0. The van der Waals surface area contributed by atoms with Gasteiger partial charge in [0.2, 0.25) is 0 Å². The molecule has 248 valence electrons. The zero-order valence-corrected chi connectivity index (χ0v) is 32.5. The second-order valence-corrected chi connectivity index (χ2v) is 12.0. The number of nitrogens with zero attached hydrogens (tertiary/aromatic N) is 2. The molecular weight excluding hydrogens is 635 g/mol. The van der Waals surface area contributed by atoms with E-state index in [0.29, 0.717) is 0 Å². The molecular formula is C32H70Cl2N6Ti2+2. The Bertz CT molecular complexity index is 397. The van der Waals surface area contributed by atoms with Gasteiger partial charge in [0.1, 0.15) is 0 Å². The zero-order valence-electron chi connectivity index (χ0n) is 27.9. The largest absolute Gasteiger partial charge is 2.00 e. The van der Waals surface area contributed by atoms with Gasteiger partial charge in [0.15, 0.2) is 0 Å². The molecule has 0 aromatic carbocycles. The summed E-state index contributed by atoms with van der Waals surface area (Å²) in [6.45, 7) is 14.8. The van der Waals surface area contributed by atoms with Crippen LogP contribution in [0.2, 0.25) is 0 Å². The fraction of sp³-hybridized carbons (Fsp3) is 1.00. The van der Waals surface area contributed by atoms with Crippen LogP contribution in [0.1, 0.15) is 116 Å². The van der Waals surface area contributed by atoms with E-state index in [1.165, 1.54) is 194 Å². The second-order valence-electron chi connectivity index (χ2n) is 12.0. The van der Waals surface area contributed by atoms with E-state index in [9.17, 15) is 0 Å². The molecule has 0 atom stereocenters. The summed E-state index contributed by atoms with van der Waals surface area (Å²) >= 11 is 0. The fourth-order valence-electron chi connectivity index (χ4n) is 5.31. The van der Waals surface area contributed by atoms with Crippen molar-refractivity contribution in [2.24, 2.45) is 0 Å². The fourth-order valence-corrected chi connectivity index (χ4v) is 5.31. The minimum Gasteiger partial charge on any atom is -1.00 e. The van der Waals surface area contributed by atoms with Crippen molar-refractivity contribution in [2.75, 3.05) is 92.6 Å². The van der Waals surface area contributed by atoms with Crippen LogP contribution < -0.4 is 46.1 Å². The molecule has 0 spiro atoms. The van der Waals surface area contributed by atoms with Crippen LogP contribution in [0.4, 0.5) is 0 Å². The SMILES string of the molecule is CN1CCCCCNCCCCCNCCCCC1.CN1CCCCCNCCCCCNCCCCC1.[Cl-].[Cl-].[Ti+2].[Ti+2]. The number of nitrogens with one attached hydrogen (secondary N) is 4. The predicted molar refractivity (Wildman–Crippen MR) is 170 cm³/mol. The summed E-state index contributed by atoms with van der Waals surface area (Å²) in [6.07, 6.45) is 24.4. The maximum absolute atomic E-state index is 3.57. The third-order valence-corrected chi connectivity index (χ3v) is 7.99. The molecule has 0 amide bonds. The monoisotopic (exact) mass is 704 g/mol. The van der Waals surface area contributed by atoms with Crippen molar-refractivity contribution in [1.29, 1.82) is 0 Å². The number of rotatable bonds is 0. The Kier molecular flexibility index (Phi) is 51.5. The van der Waals surface area contributed by atoms with Crippen molar-refractivity contribution in [2.45, 2.75) is 116 Å². The van der Waals surface area contributed by atoms with Gasteiger partial charge < -0.3 is 55.9 Å². The summed E-state index contributed by atoms with van der Waals surface area (Å²) in [5.74, 6) is 0. The van der Waals surface area contributed by atoms with Crippen molar-refractivity contribution in [3.8, 4) is 0 Å². The van der Waals surface area contributed by atoms with Crippen LogP contribution in [0.5, 0.6) is 0 Å². The molecule has 2 heterocycles. The maximum atomic E-state index is 3.57. The molecule has 2 rings (SSSR count). The predicted octanol–water partition coefficient (Wildman–Crippen LogP) is -0.753. The van der Waals surface area contributed by atoms with E-state index in [0.717, 1.165) is 0 Å². The Labute approximate surface area is 305 Å². The Balaban J connectivity index is -0.000000314. The Hall–Kier alpha value is 1.77. The van der Waals surface area contributed by atoms with Crippen LogP contribution in [0.15, 0.2) is 0 Å². The Morgan fingerprint density at radius 1 is 0.286 bits per heavy atom. The van der Waals surface area contributed by atoms with Crippen molar-refractivity contribution < 1.29 is 68.2 Å². The van der Waals surface area contributed by atoms with E-state index in [4.69, 9.17) is 0 Å². The minimum atomic E-state index is 0. The van der Waals surface area contributed by atoms with E-state index < -0.39 is 0 Å². The first-order chi connectivity index (χ1) is 18.8. The molecule has 0 aromatic rings. The van der Waals surface area contributed by atoms with Crippen LogP contribution in [0.3, 0.4) is 0 Å². The molecule has 2 aliphatic heterocycles. The summed E-state index contributed by atoms with van der Waals surface area (Å²) in [4.78, 5) is 5.01. The van der Waals surface area contributed by atoms with Crippen molar-refractivity contribution in [1.82, 2.24) is 31.1 Å². The minimum absolute atomic E-state index is 0. The first-order valence-corrected chi connectivity index (χ1v) is 17.0. The van der Waals surface area contributed by atoms with Crippen molar-refractivity contribution in [3.05, 3.63) is 0 Å².